The summed E-state index contributed by atoms with van der Waals surface area (Å²) in [6, 6.07) is 28.5. The minimum atomic E-state index is -0.0471. The quantitative estimate of drug-likeness (QED) is 0.332. The predicted octanol–water partition coefficient (Wildman–Crippen LogP) is 8.70. The normalized spacial score (nSPS) is 16.2. The topological polar surface area (TPSA) is 12.0 Å². The fraction of sp³-hybridized carbons (Fsp3) is 0.200. The Morgan fingerprint density at radius 2 is 1.09 bits per heavy atom. The summed E-state index contributed by atoms with van der Waals surface area (Å²) in [7, 11) is 0. The van der Waals surface area contributed by atoms with Crippen LogP contribution in [0.25, 0.3) is 22.3 Å². The van der Waals surface area contributed by atoms with Gasteiger partial charge in [0.25, 0.3) is 0 Å². The second-order valence-electron chi connectivity index (χ2n) is 10.1. The molecule has 2 aliphatic carbocycles. The SMILES string of the molecule is CC1(C)c2ccccc2-c2ccc(Nc3cc4c(cc3Cl)-c3ccccc3C4(C)C)cc21. The molecule has 0 atom stereocenters. The van der Waals surface area contributed by atoms with Crippen LogP contribution in [-0.4, -0.2) is 0 Å². The Morgan fingerprint density at radius 3 is 1.75 bits per heavy atom. The minimum absolute atomic E-state index is 0.0189. The molecule has 0 radical (unpaired) electrons. The fourth-order valence-corrected chi connectivity index (χ4v) is 5.97. The summed E-state index contributed by atoms with van der Waals surface area (Å²) in [4.78, 5) is 0. The van der Waals surface area contributed by atoms with Gasteiger partial charge < -0.3 is 5.32 Å². The van der Waals surface area contributed by atoms with Crippen molar-refractivity contribution < 1.29 is 0 Å². The highest BCUT2D eigenvalue weighted by molar-refractivity contribution is 6.33. The molecule has 0 saturated carbocycles. The van der Waals surface area contributed by atoms with Crippen LogP contribution in [0.1, 0.15) is 49.9 Å². The van der Waals surface area contributed by atoms with Crippen molar-refractivity contribution in [2.24, 2.45) is 0 Å². The first kappa shape index (κ1) is 19.6. The summed E-state index contributed by atoms with van der Waals surface area (Å²) in [5.74, 6) is 0. The number of fused-ring (bicyclic) bond motifs is 6. The molecule has 158 valence electrons. The lowest BCUT2D eigenvalue weighted by Crippen LogP contribution is -2.15. The summed E-state index contributed by atoms with van der Waals surface area (Å²) >= 11 is 6.80. The van der Waals surface area contributed by atoms with Crippen molar-refractivity contribution in [2.45, 2.75) is 38.5 Å². The van der Waals surface area contributed by atoms with Gasteiger partial charge in [-0.15, -0.1) is 0 Å². The van der Waals surface area contributed by atoms with E-state index in [4.69, 9.17) is 11.6 Å². The number of halogens is 1. The van der Waals surface area contributed by atoms with Gasteiger partial charge in [-0.05, 0) is 68.8 Å². The Bertz CT molecular complexity index is 1410. The summed E-state index contributed by atoms with van der Waals surface area (Å²) in [6.45, 7) is 9.21. The van der Waals surface area contributed by atoms with Crippen LogP contribution in [-0.2, 0) is 10.8 Å². The van der Waals surface area contributed by atoms with Crippen molar-refractivity contribution in [2.75, 3.05) is 5.32 Å². The Labute approximate surface area is 195 Å². The molecule has 0 heterocycles. The van der Waals surface area contributed by atoms with Gasteiger partial charge in [0.15, 0.2) is 0 Å². The van der Waals surface area contributed by atoms with Gasteiger partial charge in [0.1, 0.15) is 0 Å². The Hall–Kier alpha value is -3.03. The highest BCUT2D eigenvalue weighted by atomic mass is 35.5. The molecule has 2 aliphatic rings. The Morgan fingerprint density at radius 1 is 0.562 bits per heavy atom. The summed E-state index contributed by atoms with van der Waals surface area (Å²) in [5.41, 5.74) is 12.6. The van der Waals surface area contributed by atoms with Crippen LogP contribution in [0, 0.1) is 0 Å². The first-order chi connectivity index (χ1) is 15.3. The van der Waals surface area contributed by atoms with Crippen LogP contribution in [0.15, 0.2) is 78.9 Å². The maximum absolute atomic E-state index is 6.80. The molecular weight excluding hydrogens is 410 g/mol. The molecule has 0 unspecified atom stereocenters. The van der Waals surface area contributed by atoms with Gasteiger partial charge in [-0.1, -0.05) is 93.9 Å². The van der Waals surface area contributed by atoms with Crippen molar-refractivity contribution in [3.63, 3.8) is 0 Å². The van der Waals surface area contributed by atoms with Crippen LogP contribution in [0.4, 0.5) is 11.4 Å². The zero-order valence-corrected chi connectivity index (χ0v) is 19.6. The molecule has 2 heteroatoms. The third-order valence-corrected chi connectivity index (χ3v) is 7.85. The molecule has 4 aromatic rings. The zero-order chi connectivity index (χ0) is 22.3. The lowest BCUT2D eigenvalue weighted by atomic mass is 9.82. The molecule has 32 heavy (non-hydrogen) atoms. The van der Waals surface area contributed by atoms with Crippen molar-refractivity contribution in [3.05, 3.63) is 106 Å². The monoisotopic (exact) mass is 435 g/mol. The average molecular weight is 436 g/mol. The highest BCUT2D eigenvalue weighted by Crippen LogP contribution is 2.52. The van der Waals surface area contributed by atoms with Crippen LogP contribution in [0.5, 0.6) is 0 Å². The number of nitrogens with one attached hydrogen (secondary N) is 1. The van der Waals surface area contributed by atoms with E-state index in [1.165, 1.54) is 44.5 Å². The minimum Gasteiger partial charge on any atom is -0.354 e. The van der Waals surface area contributed by atoms with Gasteiger partial charge in [-0.3, -0.25) is 0 Å². The van der Waals surface area contributed by atoms with E-state index < -0.39 is 0 Å². The molecule has 1 nitrogen and oxygen atoms in total. The largest absolute Gasteiger partial charge is 0.354 e. The van der Waals surface area contributed by atoms with Crippen LogP contribution < -0.4 is 5.32 Å². The molecule has 0 amide bonds. The van der Waals surface area contributed by atoms with Crippen molar-refractivity contribution in [1.82, 2.24) is 0 Å². The smallest absolute Gasteiger partial charge is 0.0647 e. The predicted molar refractivity (Wildman–Crippen MR) is 136 cm³/mol. The molecule has 1 N–H and O–H groups in total. The van der Waals surface area contributed by atoms with E-state index in [1.54, 1.807) is 0 Å². The average Bonchev–Trinajstić information content (AvgIpc) is 3.14. The zero-order valence-electron chi connectivity index (χ0n) is 18.9. The van der Waals surface area contributed by atoms with E-state index in [9.17, 15) is 0 Å². The molecular formula is C30H26ClN. The molecule has 0 fully saturated rings. The highest BCUT2D eigenvalue weighted by Gasteiger charge is 2.37. The molecule has 0 aromatic heterocycles. The van der Waals surface area contributed by atoms with Gasteiger partial charge in [0.05, 0.1) is 10.7 Å². The molecule has 0 bridgehead atoms. The number of anilines is 2. The van der Waals surface area contributed by atoms with E-state index in [2.05, 4.69) is 112 Å². The third-order valence-electron chi connectivity index (χ3n) is 7.53. The summed E-state index contributed by atoms with van der Waals surface area (Å²) in [6.07, 6.45) is 0. The maximum Gasteiger partial charge on any atom is 0.0647 e. The van der Waals surface area contributed by atoms with Crippen molar-refractivity contribution in [3.8, 4) is 22.3 Å². The van der Waals surface area contributed by atoms with Crippen LogP contribution >= 0.6 is 11.6 Å². The van der Waals surface area contributed by atoms with Crippen molar-refractivity contribution in [1.29, 1.82) is 0 Å². The second kappa shape index (κ2) is 6.49. The van der Waals surface area contributed by atoms with E-state index in [0.29, 0.717) is 0 Å². The number of rotatable bonds is 2. The lowest BCUT2D eigenvalue weighted by molar-refractivity contribution is 0.660. The second-order valence-corrected chi connectivity index (χ2v) is 10.5. The first-order valence-electron chi connectivity index (χ1n) is 11.2. The number of hydrogen-bond donors (Lipinski definition) is 1. The van der Waals surface area contributed by atoms with E-state index >= 15 is 0 Å². The van der Waals surface area contributed by atoms with E-state index in [1.807, 2.05) is 0 Å². The summed E-state index contributed by atoms with van der Waals surface area (Å²) < 4.78 is 0. The third kappa shape index (κ3) is 2.58. The lowest BCUT2D eigenvalue weighted by Gasteiger charge is -2.23. The van der Waals surface area contributed by atoms with Gasteiger partial charge in [-0.2, -0.15) is 0 Å². The van der Waals surface area contributed by atoms with Gasteiger partial charge in [0.2, 0.25) is 0 Å². The fourth-order valence-electron chi connectivity index (χ4n) is 5.75. The Balaban J connectivity index is 1.42. The van der Waals surface area contributed by atoms with Crippen LogP contribution in [0.2, 0.25) is 5.02 Å². The van der Waals surface area contributed by atoms with Gasteiger partial charge >= 0.3 is 0 Å². The molecule has 0 aliphatic heterocycles. The number of benzene rings is 4. The first-order valence-corrected chi connectivity index (χ1v) is 11.6. The number of hydrogen-bond acceptors (Lipinski definition) is 1. The van der Waals surface area contributed by atoms with Gasteiger partial charge in [0, 0.05) is 16.5 Å². The Kier molecular flexibility index (Phi) is 3.99. The summed E-state index contributed by atoms with van der Waals surface area (Å²) in [5, 5.41) is 4.38. The molecule has 6 rings (SSSR count). The van der Waals surface area contributed by atoms with Crippen LogP contribution in [0.3, 0.4) is 0 Å². The molecule has 4 aromatic carbocycles. The molecule has 0 saturated heterocycles. The van der Waals surface area contributed by atoms with E-state index in [-0.39, 0.29) is 10.8 Å². The molecule has 0 spiro atoms. The van der Waals surface area contributed by atoms with Crippen molar-refractivity contribution >= 4 is 23.0 Å². The van der Waals surface area contributed by atoms with Gasteiger partial charge in [-0.25, -0.2) is 0 Å². The maximum atomic E-state index is 6.80. The standard InChI is InChI=1S/C30H26ClN/c1-29(2)23-11-7-5-9-19(23)21-14-13-18(15-25(21)29)32-28-17-26-22(16-27(28)31)20-10-6-8-12-24(20)30(26,3)4/h5-17,32H,1-4H3. The van der Waals surface area contributed by atoms with E-state index in [0.717, 1.165) is 16.4 Å².